The highest BCUT2D eigenvalue weighted by atomic mass is 16.6. The molecule has 33 heavy (non-hydrogen) atoms. The number of nitro groups is 1. The van der Waals surface area contributed by atoms with E-state index in [4.69, 9.17) is 0 Å². The standard InChI is InChI=1S/C18H20.C10H9NO3.CH4/c1-13-17(15-9-5-3-6-10-15)14(2)18(13)16-11-7-4-8-12-16;1-8(12)6-7-9-4-2-3-5-10(9)11(13)14;/h3-14,17-18H,1-2H3;2-7H,1H3;1H4/b;7-6+;. The van der Waals surface area contributed by atoms with E-state index < -0.39 is 4.92 Å². The molecular formula is C29H33NO3. The highest BCUT2D eigenvalue weighted by Crippen LogP contribution is 2.56. The predicted octanol–water partition coefficient (Wildman–Crippen LogP) is 7.67. The Morgan fingerprint density at radius 3 is 1.64 bits per heavy atom. The summed E-state index contributed by atoms with van der Waals surface area (Å²) < 4.78 is 0. The molecule has 4 nitrogen and oxygen atoms in total. The SMILES string of the molecule is C.CC(=O)/C=C/c1ccccc1[N+](=O)[O-].CC1C(c2ccccc2)C(C)C1c1ccccc1. The molecule has 3 aromatic rings. The van der Waals surface area contributed by atoms with Crippen molar-refractivity contribution in [2.45, 2.75) is 40.0 Å². The lowest BCUT2D eigenvalue weighted by molar-refractivity contribution is -0.385. The van der Waals surface area contributed by atoms with E-state index in [2.05, 4.69) is 74.5 Å². The Bertz CT molecular complexity index is 1020. The predicted molar refractivity (Wildman–Crippen MR) is 136 cm³/mol. The van der Waals surface area contributed by atoms with Crippen LogP contribution >= 0.6 is 0 Å². The topological polar surface area (TPSA) is 60.2 Å². The molecule has 0 saturated heterocycles. The number of carbonyl (C=O) groups is 1. The van der Waals surface area contributed by atoms with E-state index in [9.17, 15) is 14.9 Å². The highest BCUT2D eigenvalue weighted by Gasteiger charge is 2.45. The van der Waals surface area contributed by atoms with Gasteiger partial charge in [0.05, 0.1) is 10.5 Å². The van der Waals surface area contributed by atoms with Crippen molar-refractivity contribution >= 4 is 17.5 Å². The van der Waals surface area contributed by atoms with Crippen molar-refractivity contribution in [2.24, 2.45) is 11.8 Å². The van der Waals surface area contributed by atoms with Gasteiger partial charge in [0.15, 0.2) is 5.78 Å². The summed E-state index contributed by atoms with van der Waals surface area (Å²) in [4.78, 5) is 20.7. The van der Waals surface area contributed by atoms with E-state index >= 15 is 0 Å². The summed E-state index contributed by atoms with van der Waals surface area (Å²) in [6.07, 6.45) is 2.75. The second-order valence-corrected chi connectivity index (χ2v) is 8.35. The van der Waals surface area contributed by atoms with Crippen LogP contribution in [0.2, 0.25) is 0 Å². The quantitative estimate of drug-likeness (QED) is 0.231. The van der Waals surface area contributed by atoms with Crippen LogP contribution in [0.25, 0.3) is 6.08 Å². The molecule has 4 heteroatoms. The summed E-state index contributed by atoms with van der Waals surface area (Å²) in [5.74, 6) is 2.78. The number of allylic oxidation sites excluding steroid dienone is 1. The molecule has 1 aliphatic carbocycles. The van der Waals surface area contributed by atoms with Crippen LogP contribution in [0.5, 0.6) is 0 Å². The number of hydrogen-bond donors (Lipinski definition) is 0. The fraction of sp³-hybridized carbons (Fsp3) is 0.276. The van der Waals surface area contributed by atoms with Crippen LogP contribution in [-0.2, 0) is 4.79 Å². The van der Waals surface area contributed by atoms with Crippen LogP contribution in [0.4, 0.5) is 5.69 Å². The molecule has 1 aliphatic rings. The Morgan fingerprint density at radius 1 is 0.788 bits per heavy atom. The van der Waals surface area contributed by atoms with Gasteiger partial charge < -0.3 is 0 Å². The summed E-state index contributed by atoms with van der Waals surface area (Å²) >= 11 is 0. The molecule has 0 spiro atoms. The molecule has 1 saturated carbocycles. The second kappa shape index (κ2) is 11.9. The molecule has 0 aromatic heterocycles. The Labute approximate surface area is 197 Å². The maximum absolute atomic E-state index is 10.6. The van der Waals surface area contributed by atoms with Crippen LogP contribution in [0.3, 0.4) is 0 Å². The smallest absolute Gasteiger partial charge is 0.276 e. The van der Waals surface area contributed by atoms with E-state index in [1.807, 2.05) is 0 Å². The minimum Gasteiger partial charge on any atom is -0.295 e. The molecule has 0 amide bonds. The third-order valence-electron chi connectivity index (χ3n) is 6.27. The molecule has 0 radical (unpaired) electrons. The molecule has 0 N–H and O–H groups in total. The van der Waals surface area contributed by atoms with Gasteiger partial charge in [0.2, 0.25) is 0 Å². The first kappa shape index (κ1) is 25.7. The maximum atomic E-state index is 10.6. The number of rotatable bonds is 5. The largest absolute Gasteiger partial charge is 0.295 e. The lowest BCUT2D eigenvalue weighted by Crippen LogP contribution is -2.39. The summed E-state index contributed by atoms with van der Waals surface area (Å²) in [5, 5.41) is 10.6. The Hall–Kier alpha value is -3.53. The Balaban J connectivity index is 0.000000235. The number of nitro benzene ring substituents is 1. The average Bonchev–Trinajstić information content (AvgIpc) is 2.80. The van der Waals surface area contributed by atoms with E-state index in [0.29, 0.717) is 5.56 Å². The number of hydrogen-bond acceptors (Lipinski definition) is 3. The molecule has 3 aromatic carbocycles. The van der Waals surface area contributed by atoms with Crippen molar-refractivity contribution < 1.29 is 9.72 Å². The van der Waals surface area contributed by atoms with Crippen molar-refractivity contribution in [2.75, 3.05) is 0 Å². The van der Waals surface area contributed by atoms with Crippen LogP contribution < -0.4 is 0 Å². The van der Waals surface area contributed by atoms with Crippen molar-refractivity contribution in [3.05, 3.63) is 118 Å². The number of carbonyl (C=O) groups excluding carboxylic acids is 1. The van der Waals surface area contributed by atoms with Crippen LogP contribution in [0.1, 0.15) is 56.7 Å². The molecular weight excluding hydrogens is 410 g/mol. The fourth-order valence-electron chi connectivity index (χ4n) is 4.83. The van der Waals surface area contributed by atoms with Gasteiger partial charge in [-0.1, -0.05) is 94.1 Å². The summed E-state index contributed by atoms with van der Waals surface area (Å²) in [6, 6.07) is 28.2. The van der Waals surface area contributed by atoms with Crippen molar-refractivity contribution in [3.63, 3.8) is 0 Å². The normalized spacial score (nSPS) is 21.2. The third kappa shape index (κ3) is 6.26. The van der Waals surface area contributed by atoms with Gasteiger partial charge in [-0.3, -0.25) is 14.9 Å². The molecule has 0 aliphatic heterocycles. The van der Waals surface area contributed by atoms with Crippen molar-refractivity contribution in [1.29, 1.82) is 0 Å². The molecule has 1 fully saturated rings. The monoisotopic (exact) mass is 443 g/mol. The summed E-state index contributed by atoms with van der Waals surface area (Å²) in [7, 11) is 0. The number of nitrogens with zero attached hydrogens (tertiary/aromatic N) is 1. The van der Waals surface area contributed by atoms with E-state index in [0.717, 1.165) is 23.7 Å². The van der Waals surface area contributed by atoms with Crippen LogP contribution in [0.15, 0.2) is 91.0 Å². The molecule has 0 unspecified atom stereocenters. The first-order valence-electron chi connectivity index (χ1n) is 10.9. The zero-order valence-corrected chi connectivity index (χ0v) is 18.7. The van der Waals surface area contributed by atoms with Crippen LogP contribution in [0, 0.1) is 22.0 Å². The summed E-state index contributed by atoms with van der Waals surface area (Å²) in [5.41, 5.74) is 3.45. The van der Waals surface area contributed by atoms with Gasteiger partial charge in [0, 0.05) is 6.07 Å². The lowest BCUT2D eigenvalue weighted by atomic mass is 9.54. The van der Waals surface area contributed by atoms with Gasteiger partial charge in [-0.15, -0.1) is 0 Å². The first-order chi connectivity index (χ1) is 15.4. The van der Waals surface area contributed by atoms with Gasteiger partial charge >= 0.3 is 0 Å². The Morgan fingerprint density at radius 2 is 1.21 bits per heavy atom. The van der Waals surface area contributed by atoms with Gasteiger partial charge in [0.1, 0.15) is 0 Å². The molecule has 0 heterocycles. The van der Waals surface area contributed by atoms with Crippen molar-refractivity contribution in [3.8, 4) is 0 Å². The van der Waals surface area contributed by atoms with E-state index in [1.165, 1.54) is 36.3 Å². The van der Waals surface area contributed by atoms with Crippen LogP contribution in [-0.4, -0.2) is 10.7 Å². The zero-order chi connectivity index (χ0) is 23.1. The highest BCUT2D eigenvalue weighted by molar-refractivity contribution is 5.92. The van der Waals surface area contributed by atoms with E-state index in [-0.39, 0.29) is 18.9 Å². The summed E-state index contributed by atoms with van der Waals surface area (Å²) in [6.45, 7) is 6.19. The molecule has 0 bridgehead atoms. The Kier molecular flexibility index (Phi) is 9.29. The van der Waals surface area contributed by atoms with Crippen molar-refractivity contribution in [1.82, 2.24) is 0 Å². The number of benzene rings is 3. The van der Waals surface area contributed by atoms with E-state index in [1.54, 1.807) is 18.2 Å². The fourth-order valence-corrected chi connectivity index (χ4v) is 4.83. The maximum Gasteiger partial charge on any atom is 0.276 e. The minimum absolute atomic E-state index is 0. The molecule has 172 valence electrons. The van der Waals surface area contributed by atoms with Gasteiger partial charge in [-0.2, -0.15) is 0 Å². The van der Waals surface area contributed by atoms with Gasteiger partial charge in [0.25, 0.3) is 5.69 Å². The first-order valence-corrected chi connectivity index (χ1v) is 10.9. The number of ketones is 1. The van der Waals surface area contributed by atoms with Gasteiger partial charge in [-0.05, 0) is 59.9 Å². The second-order valence-electron chi connectivity index (χ2n) is 8.35. The third-order valence-corrected chi connectivity index (χ3v) is 6.27. The zero-order valence-electron chi connectivity index (χ0n) is 18.7. The molecule has 0 atom stereocenters. The molecule has 4 rings (SSSR count). The average molecular weight is 444 g/mol. The minimum atomic E-state index is -0.472. The lowest BCUT2D eigenvalue weighted by Gasteiger charge is -2.50. The number of para-hydroxylation sites is 1. The van der Waals surface area contributed by atoms with Gasteiger partial charge in [-0.25, -0.2) is 0 Å².